The number of β-amino-alcohol motifs (C(OH)–C–C–N with tert-alkyl or cyclic N) is 1. The minimum Gasteiger partial charge on any atom is -0.508 e. The maximum absolute atomic E-state index is 15.2. The molecule has 1 spiro atoms. The van der Waals surface area contributed by atoms with Crippen molar-refractivity contribution in [2.24, 2.45) is 51.3 Å². The van der Waals surface area contributed by atoms with Crippen LogP contribution in [0.25, 0.3) is 0 Å². The van der Waals surface area contributed by atoms with Gasteiger partial charge < -0.3 is 58.3 Å². The van der Waals surface area contributed by atoms with E-state index in [0.717, 1.165) is 40.7 Å². The van der Waals surface area contributed by atoms with Crippen molar-refractivity contribution in [1.29, 1.82) is 0 Å². The number of nitrogens with two attached hydrogens (primary N) is 3. The second-order valence-electron chi connectivity index (χ2n) is 22.9. The predicted molar refractivity (Wildman–Crippen MR) is 299 cm³/mol. The Hall–Kier alpha value is -5.75. The zero-order valence-electron chi connectivity index (χ0n) is 45.0. The summed E-state index contributed by atoms with van der Waals surface area (Å²) in [5, 5.41) is 89.2. The van der Waals surface area contributed by atoms with Gasteiger partial charge in [0.05, 0.1) is 36.6 Å². The lowest BCUT2D eigenvalue weighted by atomic mass is 9.45. The average Bonchev–Trinajstić information content (AvgIpc) is 3.82. The van der Waals surface area contributed by atoms with Gasteiger partial charge in [0, 0.05) is 36.8 Å². The Balaban J connectivity index is 1.22. The van der Waals surface area contributed by atoms with Crippen LogP contribution in [0.4, 0.5) is 0 Å². The number of aliphatic hydroxyl groups is 6. The number of fused-ring (bicyclic) bond motifs is 3. The Bertz CT molecular complexity index is 2800. The summed E-state index contributed by atoms with van der Waals surface area (Å²) >= 11 is 0. The number of carbonyl (C=O) groups is 2. The highest BCUT2D eigenvalue weighted by atomic mass is 16.3. The van der Waals surface area contributed by atoms with E-state index in [4.69, 9.17) is 17.2 Å². The van der Waals surface area contributed by atoms with Gasteiger partial charge in [-0.2, -0.15) is 0 Å². The van der Waals surface area contributed by atoms with Crippen LogP contribution in [-0.4, -0.2) is 103 Å². The van der Waals surface area contributed by atoms with Gasteiger partial charge in [0.15, 0.2) is 11.7 Å². The van der Waals surface area contributed by atoms with Crippen LogP contribution in [0.2, 0.25) is 0 Å². The molecule has 2 bridgehead atoms. The van der Waals surface area contributed by atoms with Gasteiger partial charge in [-0.1, -0.05) is 103 Å². The Morgan fingerprint density at radius 3 is 2.42 bits per heavy atom. The average molecular weight is 1060 g/mol. The molecule has 3 aromatic carbocycles. The third-order valence-corrected chi connectivity index (χ3v) is 18.0. The summed E-state index contributed by atoms with van der Waals surface area (Å²) in [6.45, 7) is 9.53. The van der Waals surface area contributed by atoms with Gasteiger partial charge >= 0.3 is 0 Å². The first-order valence-electron chi connectivity index (χ1n) is 27.6. The third-order valence-electron chi connectivity index (χ3n) is 18.0. The number of phenolic OH excluding ortho intramolecular Hbond substituents is 1. The molecule has 1 amide bonds. The van der Waals surface area contributed by atoms with E-state index in [-0.39, 0.29) is 55.9 Å². The number of allylic oxidation sites excluding steroid dienone is 5. The van der Waals surface area contributed by atoms with Gasteiger partial charge in [0.2, 0.25) is 5.91 Å². The van der Waals surface area contributed by atoms with E-state index in [1.54, 1.807) is 42.5 Å². The maximum atomic E-state index is 15.2. The van der Waals surface area contributed by atoms with Crippen molar-refractivity contribution in [3.8, 4) is 5.75 Å². The second-order valence-corrected chi connectivity index (χ2v) is 22.9. The van der Waals surface area contributed by atoms with Gasteiger partial charge in [-0.05, 0) is 165 Å². The molecule has 3 aromatic rings. The molecule has 15 heteroatoms. The number of nitrogens with one attached hydrogen (secondary N) is 2. The SMILES string of the molecule is C=C(C=CC=C(CO)C1CC2CCCC3(O)CCC4=C(C)C(=O)Cc5cccc6c5C(NCC(O)C(C(CN=C(N)N)c5ccc(O)cc5)Cc5cccc(c5)CC(O)CCC4C23C1O)C(=O)NC6N)C(O)CC=C(C)C. The highest BCUT2D eigenvalue weighted by molar-refractivity contribution is 5.98. The summed E-state index contributed by atoms with van der Waals surface area (Å²) in [6, 6.07) is 19.0. The van der Waals surface area contributed by atoms with E-state index >= 15 is 4.79 Å². The fraction of sp³-hybridized carbons (Fsp3) is 0.500. The highest BCUT2D eigenvalue weighted by Crippen LogP contribution is 2.69. The molecule has 77 heavy (non-hydrogen) atoms. The number of rotatable bonds is 11. The first-order valence-corrected chi connectivity index (χ1v) is 27.6. The Labute approximate surface area is 453 Å². The smallest absolute Gasteiger partial charge is 0.243 e. The third kappa shape index (κ3) is 12.1. The van der Waals surface area contributed by atoms with Gasteiger partial charge in [0.25, 0.3) is 0 Å². The maximum Gasteiger partial charge on any atom is 0.243 e. The minimum atomic E-state index is -1.31. The number of hydrogen-bond donors (Lipinski definition) is 12. The largest absolute Gasteiger partial charge is 0.508 e. The molecule has 15 N–H and O–H groups in total. The summed E-state index contributed by atoms with van der Waals surface area (Å²) < 4.78 is 0. The van der Waals surface area contributed by atoms with E-state index in [1.807, 2.05) is 69.3 Å². The zero-order valence-corrected chi connectivity index (χ0v) is 45.0. The fourth-order valence-corrected chi connectivity index (χ4v) is 14.2. The lowest BCUT2D eigenvalue weighted by Gasteiger charge is -2.61. The number of hydrogen-bond acceptors (Lipinski definition) is 12. The van der Waals surface area contributed by atoms with Gasteiger partial charge in [-0.3, -0.25) is 19.9 Å². The van der Waals surface area contributed by atoms with E-state index in [1.165, 1.54) is 0 Å². The molecule has 3 fully saturated rings. The van der Waals surface area contributed by atoms with E-state index < -0.39 is 77.2 Å². The van der Waals surface area contributed by atoms with Crippen molar-refractivity contribution >= 4 is 17.6 Å². The van der Waals surface area contributed by atoms with Crippen LogP contribution in [0, 0.1) is 29.1 Å². The molecule has 13 unspecified atom stereocenters. The number of aliphatic imine (C=N–C) groups is 1. The molecule has 414 valence electrons. The first-order chi connectivity index (χ1) is 36.8. The number of phenols is 1. The number of ketones is 1. The molecular formula is C62H82N6O9. The second kappa shape index (κ2) is 24.5. The van der Waals surface area contributed by atoms with Crippen molar-refractivity contribution in [2.75, 3.05) is 19.7 Å². The van der Waals surface area contributed by atoms with Crippen LogP contribution >= 0.6 is 0 Å². The molecule has 0 saturated heterocycles. The van der Waals surface area contributed by atoms with Crippen molar-refractivity contribution in [2.45, 2.75) is 146 Å². The molecule has 2 heterocycles. The number of guanidine groups is 1. The van der Waals surface area contributed by atoms with Gasteiger partial charge in [0.1, 0.15) is 18.0 Å². The lowest BCUT2D eigenvalue weighted by molar-refractivity contribution is -0.216. The summed E-state index contributed by atoms with van der Waals surface area (Å²) in [6.07, 6.45) is 7.26. The van der Waals surface area contributed by atoms with E-state index in [0.29, 0.717) is 84.8 Å². The first kappa shape index (κ1) is 57.4. The highest BCUT2D eigenvalue weighted by Gasteiger charge is 2.70. The monoisotopic (exact) mass is 1050 g/mol. The normalized spacial score (nSPS) is 30.9. The Morgan fingerprint density at radius 2 is 1.70 bits per heavy atom. The van der Waals surface area contributed by atoms with Crippen LogP contribution < -0.4 is 27.8 Å². The topological polar surface area (TPSA) is 290 Å². The summed E-state index contributed by atoms with van der Waals surface area (Å²) in [4.78, 5) is 33.7. The van der Waals surface area contributed by atoms with Gasteiger partial charge in [-0.25, -0.2) is 0 Å². The van der Waals surface area contributed by atoms with Crippen LogP contribution in [0.15, 0.2) is 130 Å². The van der Waals surface area contributed by atoms with E-state index in [9.17, 15) is 40.5 Å². The molecule has 5 aliphatic rings. The number of aliphatic hydroxyl groups excluding tert-OH is 5. The number of amides is 1. The van der Waals surface area contributed by atoms with Gasteiger partial charge in [-0.15, -0.1) is 0 Å². The van der Waals surface area contributed by atoms with Crippen molar-refractivity contribution in [3.63, 3.8) is 0 Å². The molecule has 2 aliphatic heterocycles. The number of benzene rings is 3. The Kier molecular flexibility index (Phi) is 18.3. The van der Waals surface area contributed by atoms with Crippen molar-refractivity contribution in [3.05, 3.63) is 159 Å². The summed E-state index contributed by atoms with van der Waals surface area (Å²) in [5.41, 5.74) is 23.8. The molecule has 8 rings (SSSR count). The van der Waals surface area contributed by atoms with Crippen LogP contribution in [-0.2, 0) is 28.9 Å². The summed E-state index contributed by atoms with van der Waals surface area (Å²) in [7, 11) is 0. The predicted octanol–water partition coefficient (Wildman–Crippen LogP) is 5.57. The molecule has 0 aromatic heterocycles. The van der Waals surface area contributed by atoms with Crippen LogP contribution in [0.1, 0.15) is 130 Å². The molecule has 3 saturated carbocycles. The zero-order chi connectivity index (χ0) is 55.3. The Morgan fingerprint density at radius 1 is 0.974 bits per heavy atom. The van der Waals surface area contributed by atoms with Crippen LogP contribution in [0.5, 0.6) is 5.75 Å². The number of nitrogens with zero attached hydrogens (tertiary/aromatic N) is 1. The number of carbonyl (C=O) groups excluding carboxylic acids is 2. The fourth-order valence-electron chi connectivity index (χ4n) is 14.2. The molecule has 13 atom stereocenters. The quantitative estimate of drug-likeness (QED) is 0.0485. The lowest BCUT2D eigenvalue weighted by Crippen LogP contribution is -2.65. The number of Topliss-reactive ketones (excluding diaryl/α,β-unsaturated/α-hetero) is 1. The molecule has 3 aliphatic carbocycles. The van der Waals surface area contributed by atoms with Crippen LogP contribution in [0.3, 0.4) is 0 Å². The standard InChI is InChI=1S/C62H82N6O9/c1-35(2)16-23-52(72)36(3)9-5-13-42(34-69)48-31-43-14-8-25-61(77)26-24-46-37(4)53(73)30-41-12-7-15-47-55(41)56(59(76)68-58(47)63)66-33-54(74)49(50(32-67-60(64)65)40-17-19-44(70)20-18-40)29-39-11-6-10-38(27-39)28-45(71)21-22-51(46)62(43,61)57(48)75/h5-7,9-13,15-20,27,43,45,48-52,54,56-58,66,69-72,74-75,77H,3,8,14,21-26,28-34,63H2,1-2,4H3,(H,68,76)(H4,64,65,67). The molecular weight excluding hydrogens is 973 g/mol. The molecule has 15 nitrogen and oxygen atoms in total. The van der Waals surface area contributed by atoms with Crippen molar-refractivity contribution in [1.82, 2.24) is 10.6 Å². The minimum absolute atomic E-state index is 0.0622. The molecule has 0 radical (unpaired) electrons. The number of aromatic hydroxyl groups is 1. The summed E-state index contributed by atoms with van der Waals surface area (Å²) in [5.74, 6) is -2.93. The van der Waals surface area contributed by atoms with E-state index in [2.05, 4.69) is 22.2 Å². The van der Waals surface area contributed by atoms with Crippen molar-refractivity contribution < 1.29 is 45.3 Å².